The van der Waals surface area contributed by atoms with Gasteiger partial charge in [0.05, 0.1) is 4.90 Å². The molecule has 1 aromatic carbocycles. The third-order valence-electron chi connectivity index (χ3n) is 2.87. The van der Waals surface area contributed by atoms with Crippen molar-refractivity contribution in [3.05, 3.63) is 24.3 Å². The monoisotopic (exact) mass is 284 g/mol. The summed E-state index contributed by atoms with van der Waals surface area (Å²) in [4.78, 5) is 0.348. The Morgan fingerprint density at radius 2 is 1.63 bits per heavy atom. The summed E-state index contributed by atoms with van der Waals surface area (Å²) in [7, 11) is -1.61. The van der Waals surface area contributed by atoms with Gasteiger partial charge in [0.25, 0.3) is 0 Å². The molecule has 0 atom stereocenters. The van der Waals surface area contributed by atoms with E-state index in [2.05, 4.69) is 5.32 Å². The van der Waals surface area contributed by atoms with Crippen molar-refractivity contribution < 1.29 is 8.42 Å². The van der Waals surface area contributed by atoms with Crippen LogP contribution >= 0.6 is 0 Å². The fourth-order valence-electron chi connectivity index (χ4n) is 1.88. The van der Waals surface area contributed by atoms with E-state index >= 15 is 0 Å². The van der Waals surface area contributed by atoms with E-state index in [-0.39, 0.29) is 6.04 Å². The number of benzene rings is 1. The molecule has 19 heavy (non-hydrogen) atoms. The maximum absolute atomic E-state index is 12.6. The zero-order valence-electron chi connectivity index (χ0n) is 12.3. The van der Waals surface area contributed by atoms with Crippen LogP contribution in [-0.4, -0.2) is 32.4 Å². The molecule has 108 valence electrons. The summed E-state index contributed by atoms with van der Waals surface area (Å²) in [6.07, 6.45) is 0. The second-order valence-corrected chi connectivity index (χ2v) is 7.23. The van der Waals surface area contributed by atoms with E-state index in [1.54, 1.807) is 28.6 Å². The zero-order valence-corrected chi connectivity index (χ0v) is 13.2. The summed E-state index contributed by atoms with van der Waals surface area (Å²) in [5.74, 6) is 0.300. The maximum atomic E-state index is 12.6. The molecule has 0 saturated carbocycles. The van der Waals surface area contributed by atoms with Gasteiger partial charge in [0, 0.05) is 25.3 Å². The first-order valence-electron chi connectivity index (χ1n) is 6.58. The van der Waals surface area contributed by atoms with E-state index in [1.165, 1.54) is 0 Å². The van der Waals surface area contributed by atoms with Crippen molar-refractivity contribution in [3.8, 4) is 0 Å². The molecule has 5 heteroatoms. The van der Waals surface area contributed by atoms with E-state index < -0.39 is 10.0 Å². The molecule has 1 aromatic rings. The zero-order chi connectivity index (χ0) is 14.6. The lowest BCUT2D eigenvalue weighted by molar-refractivity contribution is 0.319. The minimum absolute atomic E-state index is 0.0450. The molecule has 0 unspecified atom stereocenters. The van der Waals surface area contributed by atoms with Gasteiger partial charge < -0.3 is 5.32 Å². The van der Waals surface area contributed by atoms with Crippen molar-refractivity contribution in [1.29, 1.82) is 0 Å². The molecule has 0 aliphatic carbocycles. The largest absolute Gasteiger partial charge is 0.388 e. The molecule has 4 nitrogen and oxygen atoms in total. The molecule has 0 spiro atoms. The van der Waals surface area contributed by atoms with Crippen molar-refractivity contribution in [1.82, 2.24) is 4.31 Å². The Morgan fingerprint density at radius 1 is 1.11 bits per heavy atom. The summed E-state index contributed by atoms with van der Waals surface area (Å²) < 4.78 is 26.8. The van der Waals surface area contributed by atoms with Crippen LogP contribution in [-0.2, 0) is 10.0 Å². The third kappa shape index (κ3) is 3.94. The number of sulfonamides is 1. The van der Waals surface area contributed by atoms with Crippen LogP contribution in [0.4, 0.5) is 5.69 Å². The van der Waals surface area contributed by atoms with Gasteiger partial charge in [0.1, 0.15) is 0 Å². The van der Waals surface area contributed by atoms with Gasteiger partial charge in [0.2, 0.25) is 10.0 Å². The Balaban J connectivity index is 3.11. The van der Waals surface area contributed by atoms with Crippen molar-refractivity contribution in [2.45, 2.75) is 38.6 Å². The van der Waals surface area contributed by atoms with Gasteiger partial charge in [0.15, 0.2) is 0 Å². The van der Waals surface area contributed by atoms with Crippen molar-refractivity contribution in [2.24, 2.45) is 5.92 Å². The predicted octanol–water partition coefficient (Wildman–Crippen LogP) is 2.78. The maximum Gasteiger partial charge on any atom is 0.243 e. The lowest BCUT2D eigenvalue weighted by Gasteiger charge is -2.27. The van der Waals surface area contributed by atoms with Gasteiger partial charge in [-0.1, -0.05) is 13.8 Å². The number of nitrogens with one attached hydrogen (secondary N) is 1. The summed E-state index contributed by atoms with van der Waals surface area (Å²) in [5.41, 5.74) is 0.902. The van der Waals surface area contributed by atoms with E-state index in [1.807, 2.05) is 34.7 Å². The molecule has 0 heterocycles. The van der Waals surface area contributed by atoms with Gasteiger partial charge >= 0.3 is 0 Å². The van der Waals surface area contributed by atoms with Crippen LogP contribution in [0.3, 0.4) is 0 Å². The third-order valence-corrected chi connectivity index (χ3v) is 4.93. The Hall–Kier alpha value is -1.07. The summed E-state index contributed by atoms with van der Waals surface area (Å²) in [6, 6.07) is 6.81. The van der Waals surface area contributed by atoms with Gasteiger partial charge in [-0.2, -0.15) is 4.31 Å². The first-order valence-corrected chi connectivity index (χ1v) is 8.02. The second-order valence-electron chi connectivity index (χ2n) is 5.34. The van der Waals surface area contributed by atoms with Crippen LogP contribution in [0.5, 0.6) is 0 Å². The van der Waals surface area contributed by atoms with E-state index in [9.17, 15) is 8.42 Å². The quantitative estimate of drug-likeness (QED) is 0.874. The van der Waals surface area contributed by atoms with E-state index in [4.69, 9.17) is 0 Å². The molecule has 0 radical (unpaired) electrons. The molecule has 1 rings (SSSR count). The fraction of sp³-hybridized carbons (Fsp3) is 0.571. The van der Waals surface area contributed by atoms with Crippen LogP contribution < -0.4 is 5.32 Å². The first-order chi connectivity index (χ1) is 8.78. The predicted molar refractivity (Wildman–Crippen MR) is 79.9 cm³/mol. The van der Waals surface area contributed by atoms with Gasteiger partial charge in [-0.15, -0.1) is 0 Å². The molecule has 0 fully saturated rings. The molecule has 0 aliphatic heterocycles. The molecule has 0 aliphatic rings. The Morgan fingerprint density at radius 3 is 2.00 bits per heavy atom. The number of hydrogen-bond donors (Lipinski definition) is 1. The minimum atomic E-state index is -3.41. The summed E-state index contributed by atoms with van der Waals surface area (Å²) >= 11 is 0. The van der Waals surface area contributed by atoms with E-state index in [0.717, 1.165) is 5.69 Å². The SMILES string of the molecule is CNc1ccc(S(=O)(=O)N(CC(C)C)C(C)C)cc1. The van der Waals surface area contributed by atoms with Crippen LogP contribution in [0.15, 0.2) is 29.2 Å². The number of anilines is 1. The normalized spacial score (nSPS) is 12.4. The average molecular weight is 284 g/mol. The van der Waals surface area contributed by atoms with Crippen LogP contribution in [0.1, 0.15) is 27.7 Å². The second kappa shape index (κ2) is 6.39. The molecule has 0 bridgehead atoms. The lowest BCUT2D eigenvalue weighted by Crippen LogP contribution is -2.39. The minimum Gasteiger partial charge on any atom is -0.388 e. The molecular weight excluding hydrogens is 260 g/mol. The lowest BCUT2D eigenvalue weighted by atomic mass is 10.2. The smallest absolute Gasteiger partial charge is 0.243 e. The standard InChI is InChI=1S/C14H24N2O2S/c1-11(2)10-16(12(3)4)19(17,18)14-8-6-13(15-5)7-9-14/h6-9,11-12,15H,10H2,1-5H3. The van der Waals surface area contributed by atoms with Gasteiger partial charge in [-0.25, -0.2) is 8.42 Å². The number of rotatable bonds is 6. The van der Waals surface area contributed by atoms with Crippen molar-refractivity contribution in [3.63, 3.8) is 0 Å². The van der Waals surface area contributed by atoms with Crippen molar-refractivity contribution in [2.75, 3.05) is 18.9 Å². The molecule has 0 amide bonds. The highest BCUT2D eigenvalue weighted by atomic mass is 32.2. The van der Waals surface area contributed by atoms with Gasteiger partial charge in [-0.3, -0.25) is 0 Å². The average Bonchev–Trinajstić information content (AvgIpc) is 2.35. The van der Waals surface area contributed by atoms with Crippen LogP contribution in [0, 0.1) is 5.92 Å². The summed E-state index contributed by atoms with van der Waals surface area (Å²) in [5, 5.41) is 2.98. The fourth-order valence-corrected chi connectivity index (χ4v) is 3.68. The highest BCUT2D eigenvalue weighted by Gasteiger charge is 2.27. The van der Waals surface area contributed by atoms with Crippen molar-refractivity contribution >= 4 is 15.7 Å². The highest BCUT2D eigenvalue weighted by Crippen LogP contribution is 2.21. The molecular formula is C14H24N2O2S. The number of nitrogens with zero attached hydrogens (tertiary/aromatic N) is 1. The molecule has 1 N–H and O–H groups in total. The van der Waals surface area contributed by atoms with Gasteiger partial charge in [-0.05, 0) is 44.0 Å². The van der Waals surface area contributed by atoms with Crippen LogP contribution in [0.25, 0.3) is 0 Å². The van der Waals surface area contributed by atoms with E-state index in [0.29, 0.717) is 17.4 Å². The molecule has 0 saturated heterocycles. The first kappa shape index (κ1) is 16.0. The van der Waals surface area contributed by atoms with Crippen LogP contribution in [0.2, 0.25) is 0 Å². The Bertz CT molecular complexity index is 493. The topological polar surface area (TPSA) is 49.4 Å². The Labute approximate surface area is 116 Å². The number of hydrogen-bond acceptors (Lipinski definition) is 3. The highest BCUT2D eigenvalue weighted by molar-refractivity contribution is 7.89. The molecule has 0 aromatic heterocycles. The summed E-state index contributed by atoms with van der Waals surface area (Å²) in [6.45, 7) is 8.39. The Kier molecular flexibility index (Phi) is 5.38.